The number of rotatable bonds is 19. The van der Waals surface area contributed by atoms with Gasteiger partial charge in [-0.15, -0.1) is 0 Å². The van der Waals surface area contributed by atoms with Gasteiger partial charge in [0.05, 0.1) is 12.5 Å². The Balaban J connectivity index is 1.94. The number of aliphatic hydroxyl groups is 6. The van der Waals surface area contributed by atoms with E-state index < -0.39 is 79.6 Å². The average molecular weight is 577 g/mol. The van der Waals surface area contributed by atoms with Crippen LogP contribution in [0, 0.1) is 5.92 Å². The second kappa shape index (κ2) is 17.8. The average Bonchev–Trinajstić information content (AvgIpc) is 3.23. The van der Waals surface area contributed by atoms with Crippen molar-refractivity contribution >= 4 is 11.9 Å². The number of cyclic esters (lactones) is 1. The maximum absolute atomic E-state index is 12.9. The Bertz CT molecular complexity index is 800. The summed E-state index contributed by atoms with van der Waals surface area (Å²) in [6, 6.07) is 0. The molecule has 6 N–H and O–H groups in total. The minimum atomic E-state index is -1.82. The maximum atomic E-state index is 12.9. The topological polar surface area (TPSA) is 192 Å². The molecule has 2 rings (SSSR count). The number of carbonyl (C=O) groups is 2. The second-order valence-electron chi connectivity index (χ2n) is 10.7. The van der Waals surface area contributed by atoms with E-state index in [2.05, 4.69) is 13.8 Å². The summed E-state index contributed by atoms with van der Waals surface area (Å²) in [5.74, 6) is -3.53. The van der Waals surface area contributed by atoms with Gasteiger partial charge in [-0.1, -0.05) is 78.1 Å². The third-order valence-electron chi connectivity index (χ3n) is 7.40. The van der Waals surface area contributed by atoms with E-state index in [4.69, 9.17) is 18.9 Å². The van der Waals surface area contributed by atoms with Crippen LogP contribution in [0.1, 0.15) is 90.9 Å². The first kappa shape index (κ1) is 34.2. The first-order valence-corrected chi connectivity index (χ1v) is 14.6. The Labute approximate surface area is 235 Å². The number of aliphatic hydroxyl groups excluding tert-OH is 6. The smallest absolute Gasteiger partial charge is 0.378 e. The summed E-state index contributed by atoms with van der Waals surface area (Å²) < 4.78 is 20.7. The molecule has 0 aliphatic carbocycles. The molecule has 40 heavy (non-hydrogen) atoms. The SMILES string of the molecule is CCCCCCCCC(CCCCCC)C(=O)OC[C@H](O)C1OC(=O)C(OC2O[C@H](CO)[C@@H](O)[C@H](O)[C@H]2O)=C1O. The molecule has 232 valence electrons. The lowest BCUT2D eigenvalue weighted by Crippen LogP contribution is -2.59. The van der Waals surface area contributed by atoms with Gasteiger partial charge in [-0.05, 0) is 12.8 Å². The van der Waals surface area contributed by atoms with Gasteiger partial charge in [-0.2, -0.15) is 0 Å². The molecule has 0 aromatic heterocycles. The van der Waals surface area contributed by atoms with Crippen LogP contribution in [0.3, 0.4) is 0 Å². The molecule has 0 spiro atoms. The van der Waals surface area contributed by atoms with Gasteiger partial charge >= 0.3 is 11.9 Å². The normalized spacial score (nSPS) is 28.3. The Hall–Kier alpha value is -1.96. The highest BCUT2D eigenvalue weighted by atomic mass is 16.7. The number of esters is 2. The Morgan fingerprint density at radius 3 is 2.08 bits per heavy atom. The van der Waals surface area contributed by atoms with E-state index in [0.717, 1.165) is 51.4 Å². The van der Waals surface area contributed by atoms with Crippen molar-refractivity contribution < 1.29 is 59.2 Å². The molecule has 1 fully saturated rings. The molecule has 0 aromatic rings. The molecule has 0 aromatic carbocycles. The summed E-state index contributed by atoms with van der Waals surface area (Å²) in [4.78, 5) is 25.2. The quantitative estimate of drug-likeness (QED) is 0.0965. The summed E-state index contributed by atoms with van der Waals surface area (Å²) in [6.45, 7) is 3.03. The van der Waals surface area contributed by atoms with Crippen LogP contribution in [0.2, 0.25) is 0 Å². The third-order valence-corrected chi connectivity index (χ3v) is 7.40. The van der Waals surface area contributed by atoms with Gasteiger partial charge in [-0.3, -0.25) is 4.79 Å². The highest BCUT2D eigenvalue weighted by Gasteiger charge is 2.48. The van der Waals surface area contributed by atoms with Crippen molar-refractivity contribution in [2.24, 2.45) is 5.92 Å². The molecule has 8 atom stereocenters. The van der Waals surface area contributed by atoms with Gasteiger partial charge in [0, 0.05) is 0 Å². The number of hydrogen-bond donors (Lipinski definition) is 6. The summed E-state index contributed by atoms with van der Waals surface area (Å²) >= 11 is 0. The Morgan fingerprint density at radius 1 is 0.900 bits per heavy atom. The Kier molecular flexibility index (Phi) is 15.2. The highest BCUT2D eigenvalue weighted by Crippen LogP contribution is 2.30. The predicted molar refractivity (Wildman–Crippen MR) is 142 cm³/mol. The van der Waals surface area contributed by atoms with Crippen molar-refractivity contribution in [3.05, 3.63) is 11.5 Å². The van der Waals surface area contributed by atoms with Crippen LogP contribution >= 0.6 is 0 Å². The number of hydrogen-bond acceptors (Lipinski definition) is 12. The summed E-state index contributed by atoms with van der Waals surface area (Å²) in [7, 11) is 0. The van der Waals surface area contributed by atoms with Gasteiger partial charge in [0.15, 0.2) is 11.9 Å². The molecule has 2 aliphatic rings. The summed E-state index contributed by atoms with van der Waals surface area (Å²) in [5.41, 5.74) is 0. The summed E-state index contributed by atoms with van der Waals surface area (Å²) in [5, 5.41) is 60.3. The molecular formula is C28H48O12. The molecule has 1 saturated heterocycles. The number of unbranched alkanes of at least 4 members (excludes halogenated alkanes) is 8. The highest BCUT2D eigenvalue weighted by molar-refractivity contribution is 5.89. The van der Waals surface area contributed by atoms with Crippen molar-refractivity contribution in [3.8, 4) is 0 Å². The zero-order valence-corrected chi connectivity index (χ0v) is 23.7. The molecule has 0 saturated carbocycles. The van der Waals surface area contributed by atoms with E-state index in [0.29, 0.717) is 12.8 Å². The minimum Gasteiger partial charge on any atom is -0.505 e. The lowest BCUT2D eigenvalue weighted by molar-refractivity contribution is -0.291. The van der Waals surface area contributed by atoms with Crippen LogP contribution in [-0.4, -0.2) is 98.7 Å². The zero-order valence-electron chi connectivity index (χ0n) is 23.7. The van der Waals surface area contributed by atoms with Crippen LogP contribution in [0.15, 0.2) is 11.5 Å². The molecule has 12 heteroatoms. The molecule has 0 bridgehead atoms. The monoisotopic (exact) mass is 576 g/mol. The largest absolute Gasteiger partial charge is 0.505 e. The molecular weight excluding hydrogens is 528 g/mol. The van der Waals surface area contributed by atoms with Gasteiger partial charge in [0.25, 0.3) is 0 Å². The van der Waals surface area contributed by atoms with Crippen molar-refractivity contribution in [3.63, 3.8) is 0 Å². The molecule has 12 nitrogen and oxygen atoms in total. The number of carbonyl (C=O) groups excluding carboxylic acids is 2. The van der Waals surface area contributed by atoms with Crippen molar-refractivity contribution in [2.45, 2.75) is 134 Å². The first-order chi connectivity index (χ1) is 19.2. The van der Waals surface area contributed by atoms with Crippen LogP contribution in [0.5, 0.6) is 0 Å². The molecule has 2 aliphatic heterocycles. The van der Waals surface area contributed by atoms with Gasteiger partial charge < -0.3 is 49.6 Å². The van der Waals surface area contributed by atoms with Crippen molar-refractivity contribution in [1.82, 2.24) is 0 Å². The first-order valence-electron chi connectivity index (χ1n) is 14.6. The van der Waals surface area contributed by atoms with Gasteiger partial charge in [0.1, 0.15) is 37.1 Å². The summed E-state index contributed by atoms with van der Waals surface area (Å²) in [6.07, 6.45) is 0.613. The zero-order chi connectivity index (χ0) is 29.7. The van der Waals surface area contributed by atoms with E-state index in [1.807, 2.05) is 0 Å². The standard InChI is InChI=1S/C28H48O12/c1-3-5-7-9-10-12-14-17(13-11-8-6-4-2)26(35)37-16-18(30)24-23(34)25(27(36)39-24)40-28-22(33)21(32)20(31)19(15-29)38-28/h17-22,24,28-34H,3-16H2,1-2H3/t17?,18-,19+,20+,21-,22+,24?,28?/m0/s1. The fraction of sp³-hybridized carbons (Fsp3) is 0.857. The van der Waals surface area contributed by atoms with Gasteiger partial charge in [0.2, 0.25) is 12.0 Å². The lowest BCUT2D eigenvalue weighted by Gasteiger charge is -2.39. The number of ether oxygens (including phenoxy) is 4. The van der Waals surface area contributed by atoms with Crippen LogP contribution in [-0.2, 0) is 28.5 Å². The van der Waals surface area contributed by atoms with Gasteiger partial charge in [-0.25, -0.2) is 4.79 Å². The van der Waals surface area contributed by atoms with E-state index >= 15 is 0 Å². The van der Waals surface area contributed by atoms with E-state index in [1.54, 1.807) is 0 Å². The predicted octanol–water partition coefficient (Wildman–Crippen LogP) is 1.74. The third kappa shape index (κ3) is 9.85. The van der Waals surface area contributed by atoms with Crippen LogP contribution in [0.25, 0.3) is 0 Å². The molecule has 3 unspecified atom stereocenters. The van der Waals surface area contributed by atoms with Crippen LogP contribution in [0.4, 0.5) is 0 Å². The molecule has 0 radical (unpaired) electrons. The van der Waals surface area contributed by atoms with Crippen molar-refractivity contribution in [2.75, 3.05) is 13.2 Å². The van der Waals surface area contributed by atoms with E-state index in [9.17, 15) is 40.2 Å². The fourth-order valence-corrected chi connectivity index (χ4v) is 4.85. The Morgan fingerprint density at radius 2 is 1.48 bits per heavy atom. The second-order valence-corrected chi connectivity index (χ2v) is 10.7. The maximum Gasteiger partial charge on any atom is 0.378 e. The lowest BCUT2D eigenvalue weighted by atomic mass is 9.94. The van der Waals surface area contributed by atoms with E-state index in [-0.39, 0.29) is 5.92 Å². The van der Waals surface area contributed by atoms with E-state index in [1.165, 1.54) is 12.8 Å². The molecule has 0 amide bonds. The van der Waals surface area contributed by atoms with Crippen molar-refractivity contribution in [1.29, 1.82) is 0 Å². The van der Waals surface area contributed by atoms with Crippen LogP contribution < -0.4 is 0 Å². The molecule has 2 heterocycles. The fourth-order valence-electron chi connectivity index (χ4n) is 4.85. The minimum absolute atomic E-state index is 0.310.